The number of primary amides is 1. The standard InChI is InChI=1S/C21H18N4O3S2/c1-11-8-15-20(29-11)23-12(2)25(21(15)28)10-17(26)24-19-14(18(22)27)9-16(30-19)13-6-4-3-5-7-13/h3-9H,10H2,1-2H3,(H2,22,27)(H,24,26). The lowest BCUT2D eigenvalue weighted by molar-refractivity contribution is -0.116. The molecule has 0 aliphatic rings. The number of fused-ring (bicyclic) bond motifs is 1. The highest BCUT2D eigenvalue weighted by atomic mass is 32.1. The number of carbonyl (C=O) groups is 2. The lowest BCUT2D eigenvalue weighted by atomic mass is 10.1. The first-order chi connectivity index (χ1) is 14.3. The smallest absolute Gasteiger partial charge is 0.262 e. The number of rotatable bonds is 5. The van der Waals surface area contributed by atoms with Gasteiger partial charge in [0.15, 0.2) is 0 Å². The summed E-state index contributed by atoms with van der Waals surface area (Å²) in [5.41, 5.74) is 6.39. The van der Waals surface area contributed by atoms with Gasteiger partial charge in [-0.25, -0.2) is 4.98 Å². The van der Waals surface area contributed by atoms with Crippen molar-refractivity contribution in [3.8, 4) is 10.4 Å². The molecule has 0 saturated carbocycles. The third-order valence-electron chi connectivity index (χ3n) is 4.58. The van der Waals surface area contributed by atoms with Crippen molar-refractivity contribution in [1.82, 2.24) is 9.55 Å². The summed E-state index contributed by atoms with van der Waals surface area (Å²) in [6.07, 6.45) is 0. The average molecular weight is 439 g/mol. The van der Waals surface area contributed by atoms with Crippen LogP contribution in [0, 0.1) is 13.8 Å². The molecule has 3 heterocycles. The van der Waals surface area contributed by atoms with Gasteiger partial charge in [-0.3, -0.25) is 19.0 Å². The van der Waals surface area contributed by atoms with Crippen LogP contribution in [0.1, 0.15) is 21.1 Å². The molecular formula is C21H18N4O3S2. The van der Waals surface area contributed by atoms with Crippen LogP contribution in [-0.4, -0.2) is 21.4 Å². The number of nitrogens with zero attached hydrogens (tertiary/aromatic N) is 2. The number of thiophene rings is 2. The molecule has 0 aliphatic heterocycles. The lowest BCUT2D eigenvalue weighted by Crippen LogP contribution is -2.30. The maximum absolute atomic E-state index is 12.8. The van der Waals surface area contributed by atoms with Gasteiger partial charge < -0.3 is 11.1 Å². The summed E-state index contributed by atoms with van der Waals surface area (Å²) in [5.74, 6) is -0.609. The molecule has 152 valence electrons. The maximum Gasteiger partial charge on any atom is 0.262 e. The molecule has 0 bridgehead atoms. The summed E-state index contributed by atoms with van der Waals surface area (Å²) in [6, 6.07) is 12.9. The fourth-order valence-corrected chi connectivity index (χ4v) is 5.15. The normalized spacial score (nSPS) is 11.0. The number of hydrogen-bond donors (Lipinski definition) is 2. The van der Waals surface area contributed by atoms with E-state index in [0.29, 0.717) is 21.0 Å². The molecule has 0 unspecified atom stereocenters. The molecule has 7 nitrogen and oxygen atoms in total. The topological polar surface area (TPSA) is 107 Å². The summed E-state index contributed by atoms with van der Waals surface area (Å²) < 4.78 is 1.33. The Morgan fingerprint density at radius 1 is 1.13 bits per heavy atom. The van der Waals surface area contributed by atoms with Crippen molar-refractivity contribution in [2.45, 2.75) is 20.4 Å². The highest BCUT2D eigenvalue weighted by molar-refractivity contribution is 7.20. The summed E-state index contributed by atoms with van der Waals surface area (Å²) in [7, 11) is 0. The minimum absolute atomic E-state index is 0.209. The van der Waals surface area contributed by atoms with Crippen LogP contribution in [0.25, 0.3) is 20.7 Å². The number of amides is 2. The molecule has 0 saturated heterocycles. The van der Waals surface area contributed by atoms with Crippen molar-refractivity contribution in [3.05, 3.63) is 69.1 Å². The Morgan fingerprint density at radius 3 is 2.57 bits per heavy atom. The van der Waals surface area contributed by atoms with Crippen LogP contribution in [0.15, 0.2) is 47.3 Å². The third-order valence-corrected chi connectivity index (χ3v) is 6.62. The second-order valence-corrected chi connectivity index (χ2v) is 9.05. The number of nitrogens with two attached hydrogens (primary N) is 1. The SMILES string of the molecule is Cc1cc2c(=O)n(CC(=O)Nc3sc(-c4ccccc4)cc3C(N)=O)c(C)nc2s1. The van der Waals surface area contributed by atoms with Crippen LogP contribution in [0.3, 0.4) is 0 Å². The molecule has 9 heteroatoms. The van der Waals surface area contributed by atoms with E-state index in [1.165, 1.54) is 27.2 Å². The first-order valence-electron chi connectivity index (χ1n) is 9.10. The van der Waals surface area contributed by atoms with Crippen LogP contribution in [0.2, 0.25) is 0 Å². The second-order valence-electron chi connectivity index (χ2n) is 6.76. The van der Waals surface area contributed by atoms with Crippen molar-refractivity contribution in [3.63, 3.8) is 0 Å². The number of hydrogen-bond acceptors (Lipinski definition) is 6. The zero-order valence-corrected chi connectivity index (χ0v) is 17.9. The van der Waals surface area contributed by atoms with E-state index in [2.05, 4.69) is 10.3 Å². The van der Waals surface area contributed by atoms with Crippen molar-refractivity contribution in [2.75, 3.05) is 5.32 Å². The number of nitrogens with one attached hydrogen (secondary N) is 1. The van der Waals surface area contributed by atoms with E-state index in [9.17, 15) is 14.4 Å². The van der Waals surface area contributed by atoms with Gasteiger partial charge >= 0.3 is 0 Å². The molecule has 3 N–H and O–H groups in total. The molecule has 0 radical (unpaired) electrons. The molecular weight excluding hydrogens is 420 g/mol. The van der Waals surface area contributed by atoms with E-state index in [4.69, 9.17) is 5.73 Å². The Bertz CT molecular complexity index is 1340. The molecule has 30 heavy (non-hydrogen) atoms. The largest absolute Gasteiger partial charge is 0.366 e. The molecule has 0 atom stereocenters. The zero-order chi connectivity index (χ0) is 21.4. The van der Waals surface area contributed by atoms with Gasteiger partial charge in [0.2, 0.25) is 5.91 Å². The first-order valence-corrected chi connectivity index (χ1v) is 10.7. The Morgan fingerprint density at radius 2 is 1.87 bits per heavy atom. The first kappa shape index (κ1) is 20.0. The maximum atomic E-state index is 12.8. The molecule has 4 rings (SSSR count). The van der Waals surface area contributed by atoms with Crippen LogP contribution >= 0.6 is 22.7 Å². The van der Waals surface area contributed by atoms with Crippen LogP contribution in [0.5, 0.6) is 0 Å². The highest BCUT2D eigenvalue weighted by Gasteiger charge is 2.19. The Balaban J connectivity index is 1.63. The molecule has 0 spiro atoms. The Hall–Kier alpha value is -3.30. The number of anilines is 1. The average Bonchev–Trinajstić information content (AvgIpc) is 3.29. The van der Waals surface area contributed by atoms with E-state index in [1.807, 2.05) is 37.3 Å². The Kier molecular flexibility index (Phi) is 5.23. The number of benzene rings is 1. The van der Waals surface area contributed by atoms with Crippen molar-refractivity contribution < 1.29 is 9.59 Å². The number of aromatic nitrogens is 2. The third kappa shape index (κ3) is 3.77. The van der Waals surface area contributed by atoms with Gasteiger partial charge in [-0.1, -0.05) is 30.3 Å². The molecule has 4 aromatic rings. The van der Waals surface area contributed by atoms with Crippen molar-refractivity contribution in [2.24, 2.45) is 5.73 Å². The predicted molar refractivity (Wildman–Crippen MR) is 120 cm³/mol. The quantitative estimate of drug-likeness (QED) is 0.497. The molecule has 1 aromatic carbocycles. The fourth-order valence-electron chi connectivity index (χ4n) is 3.15. The minimum Gasteiger partial charge on any atom is -0.366 e. The molecule has 3 aromatic heterocycles. The monoisotopic (exact) mass is 438 g/mol. The van der Waals surface area contributed by atoms with Gasteiger partial charge in [-0.15, -0.1) is 22.7 Å². The number of aryl methyl sites for hydroxylation is 2. The lowest BCUT2D eigenvalue weighted by Gasteiger charge is -2.09. The van der Waals surface area contributed by atoms with Gasteiger partial charge in [0.1, 0.15) is 22.2 Å². The summed E-state index contributed by atoms with van der Waals surface area (Å²) in [4.78, 5) is 44.3. The van der Waals surface area contributed by atoms with E-state index in [1.54, 1.807) is 19.1 Å². The summed E-state index contributed by atoms with van der Waals surface area (Å²) >= 11 is 2.70. The number of carbonyl (C=O) groups excluding carboxylic acids is 2. The van der Waals surface area contributed by atoms with Gasteiger partial charge in [0.05, 0.1) is 10.9 Å². The van der Waals surface area contributed by atoms with E-state index < -0.39 is 11.8 Å². The minimum atomic E-state index is -0.631. The summed E-state index contributed by atoms with van der Waals surface area (Å²) in [6.45, 7) is 3.39. The summed E-state index contributed by atoms with van der Waals surface area (Å²) in [5, 5.41) is 3.59. The second kappa shape index (κ2) is 7.85. The van der Waals surface area contributed by atoms with E-state index in [0.717, 1.165) is 15.3 Å². The zero-order valence-electron chi connectivity index (χ0n) is 16.3. The van der Waals surface area contributed by atoms with Gasteiger partial charge in [0.25, 0.3) is 11.5 Å². The van der Waals surface area contributed by atoms with Crippen LogP contribution in [0.4, 0.5) is 5.00 Å². The highest BCUT2D eigenvalue weighted by Crippen LogP contribution is 2.35. The van der Waals surface area contributed by atoms with Crippen molar-refractivity contribution in [1.29, 1.82) is 0 Å². The fraction of sp³-hybridized carbons (Fsp3) is 0.143. The Labute approximate surface area is 179 Å². The van der Waals surface area contributed by atoms with Gasteiger partial charge in [-0.2, -0.15) is 0 Å². The van der Waals surface area contributed by atoms with Crippen LogP contribution in [-0.2, 0) is 11.3 Å². The van der Waals surface area contributed by atoms with Crippen LogP contribution < -0.4 is 16.6 Å². The van der Waals surface area contributed by atoms with Gasteiger partial charge in [-0.05, 0) is 31.5 Å². The van der Waals surface area contributed by atoms with Gasteiger partial charge in [0, 0.05) is 9.75 Å². The van der Waals surface area contributed by atoms with Crippen molar-refractivity contribution >= 4 is 49.7 Å². The molecule has 0 fully saturated rings. The molecule has 0 aliphatic carbocycles. The molecule has 2 amide bonds. The van der Waals surface area contributed by atoms with E-state index >= 15 is 0 Å². The van der Waals surface area contributed by atoms with E-state index in [-0.39, 0.29) is 17.7 Å². The predicted octanol–water partition coefficient (Wildman–Crippen LogP) is 3.54.